The summed E-state index contributed by atoms with van der Waals surface area (Å²) in [5.74, 6) is 0.598. The van der Waals surface area contributed by atoms with Gasteiger partial charge < -0.3 is 10.6 Å². The van der Waals surface area contributed by atoms with E-state index in [1.807, 2.05) is 7.05 Å². The van der Waals surface area contributed by atoms with Gasteiger partial charge in [-0.3, -0.25) is 4.79 Å². The van der Waals surface area contributed by atoms with Crippen LogP contribution in [-0.2, 0) is 4.79 Å². The number of aryl methyl sites for hydroxylation is 2. The highest BCUT2D eigenvalue weighted by atomic mass is 32.2. The highest BCUT2D eigenvalue weighted by molar-refractivity contribution is 8.00. The summed E-state index contributed by atoms with van der Waals surface area (Å²) in [5, 5.41) is 5.98. The van der Waals surface area contributed by atoms with Gasteiger partial charge in [0.2, 0.25) is 5.91 Å². The minimum Gasteiger partial charge on any atom is -0.355 e. The van der Waals surface area contributed by atoms with Gasteiger partial charge in [-0.05, 0) is 45.5 Å². The fourth-order valence-electron chi connectivity index (χ4n) is 1.55. The number of thioether (sulfide) groups is 1. The quantitative estimate of drug-likeness (QED) is 0.587. The molecule has 0 aromatic heterocycles. The molecule has 1 rings (SSSR count). The molecule has 0 aliphatic heterocycles. The molecular formula is C14H22N2OS. The number of amides is 1. The number of hydrogen-bond acceptors (Lipinski definition) is 3. The maximum absolute atomic E-state index is 11.6. The largest absolute Gasteiger partial charge is 0.355 e. The molecule has 100 valence electrons. The molecule has 0 spiro atoms. The van der Waals surface area contributed by atoms with Gasteiger partial charge in [0.1, 0.15) is 0 Å². The van der Waals surface area contributed by atoms with E-state index < -0.39 is 0 Å². The molecule has 0 heterocycles. The molecule has 0 atom stereocenters. The molecule has 0 fully saturated rings. The van der Waals surface area contributed by atoms with Crippen LogP contribution in [0.25, 0.3) is 0 Å². The lowest BCUT2D eigenvalue weighted by Gasteiger charge is -2.07. The Morgan fingerprint density at radius 3 is 2.78 bits per heavy atom. The van der Waals surface area contributed by atoms with Crippen molar-refractivity contribution in [2.24, 2.45) is 0 Å². The molecule has 1 aromatic rings. The van der Waals surface area contributed by atoms with Gasteiger partial charge in [-0.1, -0.05) is 17.7 Å². The van der Waals surface area contributed by atoms with Crippen LogP contribution < -0.4 is 10.6 Å². The van der Waals surface area contributed by atoms with Gasteiger partial charge in [0.25, 0.3) is 0 Å². The van der Waals surface area contributed by atoms with Crippen molar-refractivity contribution >= 4 is 17.7 Å². The smallest absolute Gasteiger partial charge is 0.230 e. The summed E-state index contributed by atoms with van der Waals surface area (Å²) < 4.78 is 0. The van der Waals surface area contributed by atoms with Gasteiger partial charge in [-0.2, -0.15) is 0 Å². The molecular weight excluding hydrogens is 244 g/mol. The van der Waals surface area contributed by atoms with Crippen LogP contribution in [0.4, 0.5) is 0 Å². The van der Waals surface area contributed by atoms with E-state index in [4.69, 9.17) is 0 Å². The molecule has 0 aliphatic rings. The van der Waals surface area contributed by atoms with Gasteiger partial charge in [-0.15, -0.1) is 11.8 Å². The van der Waals surface area contributed by atoms with Crippen molar-refractivity contribution in [2.45, 2.75) is 25.2 Å². The molecule has 1 aromatic carbocycles. The Morgan fingerprint density at radius 1 is 1.28 bits per heavy atom. The Bertz CT molecular complexity index is 393. The predicted octanol–water partition coefficient (Wildman–Crippen LogP) is 2.12. The predicted molar refractivity (Wildman–Crippen MR) is 78.2 cm³/mol. The van der Waals surface area contributed by atoms with Crippen LogP contribution in [0.5, 0.6) is 0 Å². The van der Waals surface area contributed by atoms with E-state index in [0.29, 0.717) is 5.75 Å². The Kier molecular flexibility index (Phi) is 6.83. The van der Waals surface area contributed by atoms with E-state index in [1.165, 1.54) is 16.0 Å². The number of carbonyl (C=O) groups excluding carboxylic acids is 1. The van der Waals surface area contributed by atoms with Crippen molar-refractivity contribution in [2.75, 3.05) is 25.9 Å². The second kappa shape index (κ2) is 8.16. The summed E-state index contributed by atoms with van der Waals surface area (Å²) in [6.45, 7) is 5.82. The first-order chi connectivity index (χ1) is 8.63. The van der Waals surface area contributed by atoms with Crippen LogP contribution >= 0.6 is 11.8 Å². The third-order valence-corrected chi connectivity index (χ3v) is 3.79. The zero-order valence-corrected chi connectivity index (χ0v) is 12.2. The van der Waals surface area contributed by atoms with Crippen LogP contribution in [-0.4, -0.2) is 31.8 Å². The molecule has 0 saturated carbocycles. The Morgan fingerprint density at radius 2 is 2.06 bits per heavy atom. The molecule has 0 saturated heterocycles. The van der Waals surface area contributed by atoms with Crippen LogP contribution in [0, 0.1) is 13.8 Å². The first kappa shape index (κ1) is 15.1. The number of carbonyl (C=O) groups is 1. The minimum absolute atomic E-state index is 0.108. The summed E-state index contributed by atoms with van der Waals surface area (Å²) in [6.07, 6.45) is 0.969. The van der Waals surface area contributed by atoms with Crippen molar-refractivity contribution in [3.63, 3.8) is 0 Å². The highest BCUT2D eigenvalue weighted by Gasteiger charge is 2.04. The van der Waals surface area contributed by atoms with Crippen LogP contribution in [0.1, 0.15) is 17.5 Å². The minimum atomic E-state index is 0.108. The summed E-state index contributed by atoms with van der Waals surface area (Å²) in [6, 6.07) is 6.33. The Labute approximate surface area is 114 Å². The van der Waals surface area contributed by atoms with Gasteiger partial charge in [-0.25, -0.2) is 0 Å². The van der Waals surface area contributed by atoms with E-state index in [0.717, 1.165) is 19.5 Å². The zero-order valence-electron chi connectivity index (χ0n) is 11.4. The Hall–Kier alpha value is -1.00. The van der Waals surface area contributed by atoms with E-state index in [2.05, 4.69) is 42.7 Å². The average molecular weight is 266 g/mol. The number of nitrogens with one attached hydrogen (secondary N) is 2. The summed E-state index contributed by atoms with van der Waals surface area (Å²) >= 11 is 1.61. The number of benzene rings is 1. The van der Waals surface area contributed by atoms with Gasteiger partial charge in [0, 0.05) is 11.4 Å². The Balaban J connectivity index is 2.31. The van der Waals surface area contributed by atoms with Crippen LogP contribution in [0.2, 0.25) is 0 Å². The average Bonchev–Trinajstić information content (AvgIpc) is 2.36. The van der Waals surface area contributed by atoms with Crippen LogP contribution in [0.15, 0.2) is 23.1 Å². The topological polar surface area (TPSA) is 41.1 Å². The summed E-state index contributed by atoms with van der Waals surface area (Å²) in [7, 11) is 1.91. The second-order valence-corrected chi connectivity index (χ2v) is 5.38. The van der Waals surface area contributed by atoms with Crippen molar-refractivity contribution in [3.05, 3.63) is 29.3 Å². The summed E-state index contributed by atoms with van der Waals surface area (Å²) in [5.41, 5.74) is 2.46. The standard InChI is InChI=1S/C14H22N2OS/c1-11-5-6-12(2)13(9-11)18-10-14(17)16-8-4-7-15-3/h5-6,9,15H,4,7-8,10H2,1-3H3,(H,16,17). The van der Waals surface area contributed by atoms with E-state index >= 15 is 0 Å². The molecule has 0 bridgehead atoms. The third-order valence-electron chi connectivity index (χ3n) is 2.63. The third kappa shape index (κ3) is 5.56. The van der Waals surface area contributed by atoms with Crippen LogP contribution in [0.3, 0.4) is 0 Å². The summed E-state index contributed by atoms with van der Waals surface area (Å²) in [4.78, 5) is 12.8. The first-order valence-electron chi connectivity index (χ1n) is 6.25. The molecule has 3 nitrogen and oxygen atoms in total. The molecule has 1 amide bonds. The van der Waals surface area contributed by atoms with Crippen molar-refractivity contribution in [1.82, 2.24) is 10.6 Å². The highest BCUT2D eigenvalue weighted by Crippen LogP contribution is 2.23. The normalized spacial score (nSPS) is 10.4. The lowest BCUT2D eigenvalue weighted by molar-refractivity contribution is -0.118. The number of hydrogen-bond donors (Lipinski definition) is 2. The molecule has 18 heavy (non-hydrogen) atoms. The van der Waals surface area contributed by atoms with E-state index in [9.17, 15) is 4.79 Å². The molecule has 4 heteroatoms. The van der Waals surface area contributed by atoms with Crippen molar-refractivity contribution in [1.29, 1.82) is 0 Å². The fraction of sp³-hybridized carbons (Fsp3) is 0.500. The van der Waals surface area contributed by atoms with Crippen molar-refractivity contribution < 1.29 is 4.79 Å². The maximum atomic E-state index is 11.6. The first-order valence-corrected chi connectivity index (χ1v) is 7.23. The van der Waals surface area contributed by atoms with E-state index in [1.54, 1.807) is 11.8 Å². The SMILES string of the molecule is CNCCCNC(=O)CSc1cc(C)ccc1C. The second-order valence-electron chi connectivity index (χ2n) is 4.36. The van der Waals surface area contributed by atoms with E-state index in [-0.39, 0.29) is 5.91 Å². The lowest BCUT2D eigenvalue weighted by Crippen LogP contribution is -2.28. The number of rotatable bonds is 7. The fourth-order valence-corrected chi connectivity index (χ4v) is 2.50. The lowest BCUT2D eigenvalue weighted by atomic mass is 10.2. The van der Waals surface area contributed by atoms with Gasteiger partial charge in [0.15, 0.2) is 0 Å². The maximum Gasteiger partial charge on any atom is 0.230 e. The molecule has 0 aliphatic carbocycles. The van der Waals surface area contributed by atoms with Gasteiger partial charge >= 0.3 is 0 Å². The van der Waals surface area contributed by atoms with Crippen molar-refractivity contribution in [3.8, 4) is 0 Å². The van der Waals surface area contributed by atoms with Gasteiger partial charge in [0.05, 0.1) is 5.75 Å². The molecule has 0 radical (unpaired) electrons. The zero-order chi connectivity index (χ0) is 13.4. The monoisotopic (exact) mass is 266 g/mol. The molecule has 2 N–H and O–H groups in total. The molecule has 0 unspecified atom stereocenters.